The van der Waals surface area contributed by atoms with Crippen molar-refractivity contribution in [2.75, 3.05) is 0 Å². The van der Waals surface area contributed by atoms with Gasteiger partial charge in [0.05, 0.1) is 5.56 Å². The third-order valence-corrected chi connectivity index (χ3v) is 1.90. The molecule has 1 rings (SSSR count). The van der Waals surface area contributed by atoms with Crippen molar-refractivity contribution < 1.29 is 28.9 Å². The lowest BCUT2D eigenvalue weighted by Gasteiger charge is -2.07. The fourth-order valence-electron chi connectivity index (χ4n) is 1.17. The second-order valence-corrected chi connectivity index (χ2v) is 3.38. The van der Waals surface area contributed by atoms with Crippen LogP contribution in [-0.2, 0) is 30.7 Å². The van der Waals surface area contributed by atoms with Crippen LogP contribution >= 0.6 is 0 Å². The molecule has 1 aromatic carbocycles. The maximum Gasteiger partial charge on any atom is 0.386 e. The first-order chi connectivity index (χ1) is 8.50. The van der Waals surface area contributed by atoms with Gasteiger partial charge in [-0.15, -0.1) is 0 Å². The molecule has 18 heavy (non-hydrogen) atoms. The van der Waals surface area contributed by atoms with Gasteiger partial charge < -0.3 is 4.74 Å². The summed E-state index contributed by atoms with van der Waals surface area (Å²) in [6.07, 6.45) is 0. The molecule has 0 saturated carbocycles. The van der Waals surface area contributed by atoms with Gasteiger partial charge in [-0.05, 0) is 6.07 Å². The Morgan fingerprint density at radius 2 is 1.67 bits per heavy atom. The number of esters is 1. The zero-order chi connectivity index (χ0) is 13.5. The molecule has 0 radical (unpaired) electrons. The molecule has 0 N–H and O–H groups in total. The van der Waals surface area contributed by atoms with Gasteiger partial charge in [-0.2, -0.15) is 0 Å². The Morgan fingerprint density at radius 1 is 1.00 bits per heavy atom. The van der Waals surface area contributed by atoms with Gasteiger partial charge in [0.1, 0.15) is 6.61 Å². The second kappa shape index (κ2) is 6.39. The molecule has 0 fully saturated rings. The highest BCUT2D eigenvalue weighted by atomic mass is 17.2. The van der Waals surface area contributed by atoms with Gasteiger partial charge in [0.2, 0.25) is 0 Å². The van der Waals surface area contributed by atoms with E-state index in [1.54, 1.807) is 18.2 Å². The van der Waals surface area contributed by atoms with E-state index >= 15 is 0 Å². The summed E-state index contributed by atoms with van der Waals surface area (Å²) >= 11 is 0. The molecule has 6 nitrogen and oxygen atoms in total. The fraction of sp³-hybridized carbons (Fsp3) is 0.250. The van der Waals surface area contributed by atoms with Crippen molar-refractivity contribution in [2.24, 2.45) is 0 Å². The molecule has 96 valence electrons. The Hall–Kier alpha value is -2.37. The van der Waals surface area contributed by atoms with E-state index in [9.17, 15) is 14.4 Å². The Bertz CT molecular complexity index is 465. The van der Waals surface area contributed by atoms with Crippen LogP contribution < -0.4 is 0 Å². The zero-order valence-corrected chi connectivity index (χ0v) is 9.97. The van der Waals surface area contributed by atoms with E-state index in [1.807, 2.05) is 0 Å². The lowest BCUT2D eigenvalue weighted by molar-refractivity contribution is -0.231. The second-order valence-electron chi connectivity index (χ2n) is 3.38. The minimum absolute atomic E-state index is 0.0549. The minimum atomic E-state index is -0.826. The smallest absolute Gasteiger partial charge is 0.386 e. The maximum absolute atomic E-state index is 11.6. The van der Waals surface area contributed by atoms with Crippen LogP contribution in [0.3, 0.4) is 0 Å². The van der Waals surface area contributed by atoms with Crippen molar-refractivity contribution in [3.8, 4) is 0 Å². The van der Waals surface area contributed by atoms with E-state index in [4.69, 9.17) is 4.74 Å². The van der Waals surface area contributed by atoms with E-state index in [0.29, 0.717) is 5.56 Å². The van der Waals surface area contributed by atoms with Crippen LogP contribution in [0.1, 0.15) is 29.8 Å². The van der Waals surface area contributed by atoms with Crippen LogP contribution in [0, 0.1) is 0 Å². The predicted molar refractivity (Wildman–Crippen MR) is 59.1 cm³/mol. The molecular weight excluding hydrogens is 240 g/mol. The third kappa shape index (κ3) is 4.25. The molecule has 0 aliphatic rings. The molecule has 0 aliphatic carbocycles. The van der Waals surface area contributed by atoms with Crippen LogP contribution in [0.2, 0.25) is 0 Å². The lowest BCUT2D eigenvalue weighted by Crippen LogP contribution is -2.12. The predicted octanol–water partition coefficient (Wildman–Crippen LogP) is 1.38. The largest absolute Gasteiger partial charge is 0.461 e. The number of carbonyl (C=O) groups excluding carboxylic acids is 3. The molecule has 0 amide bonds. The number of rotatable bonds is 3. The standard InChI is InChI=1S/C12H12O6/c1-8(13)16-7-10-5-3-4-6-11(10)12(15)18-17-9(2)14/h3-6H,7H2,1-2H3. The maximum atomic E-state index is 11.6. The topological polar surface area (TPSA) is 78.9 Å². The summed E-state index contributed by atoms with van der Waals surface area (Å²) in [6.45, 7) is 2.32. The van der Waals surface area contributed by atoms with Crippen molar-refractivity contribution in [3.63, 3.8) is 0 Å². The molecule has 0 bridgehead atoms. The summed E-state index contributed by atoms with van der Waals surface area (Å²) in [7, 11) is 0. The van der Waals surface area contributed by atoms with Gasteiger partial charge in [-0.1, -0.05) is 18.2 Å². The fourth-order valence-corrected chi connectivity index (χ4v) is 1.17. The van der Waals surface area contributed by atoms with E-state index < -0.39 is 17.9 Å². The number of hydrogen-bond acceptors (Lipinski definition) is 6. The number of ether oxygens (including phenoxy) is 1. The van der Waals surface area contributed by atoms with Gasteiger partial charge >= 0.3 is 17.9 Å². The normalized spacial score (nSPS) is 9.44. The Morgan fingerprint density at radius 3 is 2.28 bits per heavy atom. The molecule has 0 saturated heterocycles. The van der Waals surface area contributed by atoms with Crippen molar-refractivity contribution in [1.82, 2.24) is 0 Å². The number of benzene rings is 1. The van der Waals surface area contributed by atoms with Crippen molar-refractivity contribution in [2.45, 2.75) is 20.5 Å². The quantitative estimate of drug-likeness (QED) is 0.459. The first-order valence-corrected chi connectivity index (χ1v) is 5.11. The highest BCUT2D eigenvalue weighted by molar-refractivity contribution is 5.91. The van der Waals surface area contributed by atoms with E-state index in [2.05, 4.69) is 9.78 Å². The summed E-state index contributed by atoms with van der Waals surface area (Å²) in [5.41, 5.74) is 0.629. The molecule has 1 aromatic rings. The molecule has 0 heterocycles. The molecular formula is C12H12O6. The van der Waals surface area contributed by atoms with Crippen LogP contribution in [0.15, 0.2) is 24.3 Å². The summed E-state index contributed by atoms with van der Waals surface area (Å²) in [5, 5.41) is 0. The first-order valence-electron chi connectivity index (χ1n) is 5.11. The summed E-state index contributed by atoms with van der Waals surface area (Å²) in [6, 6.07) is 6.38. The minimum Gasteiger partial charge on any atom is -0.461 e. The molecule has 0 atom stereocenters. The highest BCUT2D eigenvalue weighted by Gasteiger charge is 2.15. The molecule has 0 spiro atoms. The van der Waals surface area contributed by atoms with E-state index in [-0.39, 0.29) is 12.2 Å². The summed E-state index contributed by atoms with van der Waals surface area (Å²) in [4.78, 5) is 41.2. The first kappa shape index (κ1) is 13.7. The van der Waals surface area contributed by atoms with Crippen molar-refractivity contribution in [3.05, 3.63) is 35.4 Å². The Labute approximate surface area is 103 Å². The monoisotopic (exact) mass is 252 g/mol. The van der Waals surface area contributed by atoms with Gasteiger partial charge in [0.25, 0.3) is 0 Å². The molecule has 0 aromatic heterocycles. The number of carbonyl (C=O) groups is 3. The van der Waals surface area contributed by atoms with Crippen LogP contribution in [0.25, 0.3) is 0 Å². The average molecular weight is 252 g/mol. The zero-order valence-electron chi connectivity index (χ0n) is 9.97. The van der Waals surface area contributed by atoms with Crippen molar-refractivity contribution >= 4 is 17.9 Å². The summed E-state index contributed by atoms with van der Waals surface area (Å²) in [5.74, 6) is -2.02. The van der Waals surface area contributed by atoms with Gasteiger partial charge in [0.15, 0.2) is 0 Å². The Kier molecular flexibility index (Phi) is 4.86. The lowest BCUT2D eigenvalue weighted by atomic mass is 10.1. The third-order valence-electron chi connectivity index (χ3n) is 1.90. The van der Waals surface area contributed by atoms with Crippen LogP contribution in [0.5, 0.6) is 0 Å². The SMILES string of the molecule is CC(=O)OCc1ccccc1C(=O)OOC(C)=O. The highest BCUT2D eigenvalue weighted by Crippen LogP contribution is 2.12. The van der Waals surface area contributed by atoms with Crippen molar-refractivity contribution in [1.29, 1.82) is 0 Å². The number of hydrogen-bond donors (Lipinski definition) is 0. The van der Waals surface area contributed by atoms with Gasteiger partial charge in [-0.3, -0.25) is 4.79 Å². The van der Waals surface area contributed by atoms with Crippen LogP contribution in [-0.4, -0.2) is 17.9 Å². The van der Waals surface area contributed by atoms with Gasteiger partial charge in [0, 0.05) is 19.4 Å². The van der Waals surface area contributed by atoms with Gasteiger partial charge in [-0.25, -0.2) is 19.4 Å². The Balaban J connectivity index is 2.77. The molecule has 0 aliphatic heterocycles. The van der Waals surface area contributed by atoms with Crippen LogP contribution in [0.4, 0.5) is 0 Å². The molecule has 6 heteroatoms. The van der Waals surface area contributed by atoms with E-state index in [0.717, 1.165) is 6.92 Å². The average Bonchev–Trinajstić information content (AvgIpc) is 2.33. The summed E-state index contributed by atoms with van der Waals surface area (Å²) < 4.78 is 4.79. The van der Waals surface area contributed by atoms with E-state index in [1.165, 1.54) is 13.0 Å². The molecule has 0 unspecified atom stereocenters.